The fraction of sp³-hybridized carbons (Fsp3) is 0.417. The summed E-state index contributed by atoms with van der Waals surface area (Å²) < 4.78 is 10.5. The van der Waals surface area contributed by atoms with Crippen molar-refractivity contribution in [2.24, 2.45) is 0 Å². The maximum Gasteiger partial charge on any atom is 0.119 e. The quantitative estimate of drug-likeness (QED) is 0.739. The molecule has 0 saturated heterocycles. The molecule has 0 aromatic heterocycles. The summed E-state index contributed by atoms with van der Waals surface area (Å²) in [6, 6.07) is 9.36. The summed E-state index contributed by atoms with van der Waals surface area (Å²) >= 11 is 0. The van der Waals surface area contributed by atoms with Crippen LogP contribution in [-0.4, -0.2) is 26.3 Å². The molecule has 0 aliphatic carbocycles. The average molecular weight is 220 g/mol. The van der Waals surface area contributed by atoms with Crippen LogP contribution in [0.1, 0.15) is 6.92 Å². The fourth-order valence-corrected chi connectivity index (χ4v) is 1.16. The standard InChI is InChI=1S/C12H16N2O2/c1-10(9-13)14-7-8-16-12-5-3-11(15-2)4-6-12/h3-6,10,14H,7-8H2,1-2H3. The minimum Gasteiger partial charge on any atom is -0.497 e. The van der Waals surface area contributed by atoms with Gasteiger partial charge in [0.05, 0.1) is 19.2 Å². The summed E-state index contributed by atoms with van der Waals surface area (Å²) in [7, 11) is 1.63. The lowest BCUT2D eigenvalue weighted by molar-refractivity contribution is 0.311. The van der Waals surface area contributed by atoms with Crippen LogP contribution < -0.4 is 14.8 Å². The van der Waals surface area contributed by atoms with E-state index in [1.807, 2.05) is 31.2 Å². The molecule has 1 aromatic rings. The molecule has 0 aliphatic heterocycles. The van der Waals surface area contributed by atoms with Gasteiger partial charge in [-0.25, -0.2) is 0 Å². The highest BCUT2D eigenvalue weighted by Crippen LogP contribution is 2.16. The van der Waals surface area contributed by atoms with E-state index in [9.17, 15) is 0 Å². The monoisotopic (exact) mass is 220 g/mol. The first kappa shape index (κ1) is 12.3. The van der Waals surface area contributed by atoms with Gasteiger partial charge in [0.25, 0.3) is 0 Å². The Morgan fingerprint density at radius 3 is 2.50 bits per heavy atom. The molecule has 4 nitrogen and oxygen atoms in total. The molecule has 1 rings (SSSR count). The first-order valence-corrected chi connectivity index (χ1v) is 5.16. The summed E-state index contributed by atoms with van der Waals surface area (Å²) in [4.78, 5) is 0. The van der Waals surface area contributed by atoms with Gasteiger partial charge in [0.2, 0.25) is 0 Å². The van der Waals surface area contributed by atoms with Crippen LogP contribution in [-0.2, 0) is 0 Å². The molecular formula is C12H16N2O2. The number of nitrogens with one attached hydrogen (secondary N) is 1. The Morgan fingerprint density at radius 2 is 1.94 bits per heavy atom. The van der Waals surface area contributed by atoms with Crippen LogP contribution in [0.3, 0.4) is 0 Å². The zero-order valence-electron chi connectivity index (χ0n) is 9.56. The second kappa shape index (κ2) is 6.70. The number of ether oxygens (including phenoxy) is 2. The van der Waals surface area contributed by atoms with E-state index < -0.39 is 0 Å². The van der Waals surface area contributed by atoms with Crippen LogP contribution >= 0.6 is 0 Å². The molecule has 0 spiro atoms. The summed E-state index contributed by atoms with van der Waals surface area (Å²) in [6.07, 6.45) is 0. The Labute approximate surface area is 95.8 Å². The van der Waals surface area contributed by atoms with E-state index in [-0.39, 0.29) is 6.04 Å². The fourth-order valence-electron chi connectivity index (χ4n) is 1.16. The van der Waals surface area contributed by atoms with Crippen LogP contribution in [0.15, 0.2) is 24.3 Å². The third kappa shape index (κ3) is 4.20. The number of nitriles is 1. The van der Waals surface area contributed by atoms with E-state index in [1.54, 1.807) is 7.11 Å². The van der Waals surface area contributed by atoms with E-state index >= 15 is 0 Å². The van der Waals surface area contributed by atoms with Gasteiger partial charge in [-0.05, 0) is 31.2 Å². The lowest BCUT2D eigenvalue weighted by Gasteiger charge is -2.08. The molecule has 86 valence electrons. The predicted molar refractivity (Wildman–Crippen MR) is 61.6 cm³/mol. The molecule has 16 heavy (non-hydrogen) atoms. The molecule has 1 N–H and O–H groups in total. The third-order valence-electron chi connectivity index (χ3n) is 2.07. The van der Waals surface area contributed by atoms with Crippen LogP contribution in [0.25, 0.3) is 0 Å². The van der Waals surface area contributed by atoms with Gasteiger partial charge in [-0.2, -0.15) is 5.26 Å². The average Bonchev–Trinajstić information content (AvgIpc) is 2.35. The maximum atomic E-state index is 8.54. The normalized spacial score (nSPS) is 11.6. The van der Waals surface area contributed by atoms with Gasteiger partial charge in [-0.1, -0.05) is 0 Å². The van der Waals surface area contributed by atoms with Gasteiger partial charge < -0.3 is 9.47 Å². The number of nitrogens with zero attached hydrogens (tertiary/aromatic N) is 1. The summed E-state index contributed by atoms with van der Waals surface area (Å²) in [5.41, 5.74) is 0. The molecule has 1 aromatic carbocycles. The lowest BCUT2D eigenvalue weighted by Crippen LogP contribution is -2.28. The second-order valence-electron chi connectivity index (χ2n) is 3.33. The van der Waals surface area contributed by atoms with E-state index in [0.29, 0.717) is 13.2 Å². The van der Waals surface area contributed by atoms with E-state index in [2.05, 4.69) is 11.4 Å². The number of rotatable bonds is 6. The highest BCUT2D eigenvalue weighted by atomic mass is 16.5. The largest absolute Gasteiger partial charge is 0.497 e. The van der Waals surface area contributed by atoms with E-state index in [0.717, 1.165) is 11.5 Å². The van der Waals surface area contributed by atoms with Crippen LogP contribution in [0.5, 0.6) is 11.5 Å². The smallest absolute Gasteiger partial charge is 0.119 e. The topological polar surface area (TPSA) is 54.3 Å². The molecule has 0 bridgehead atoms. The Kier molecular flexibility index (Phi) is 5.17. The third-order valence-corrected chi connectivity index (χ3v) is 2.07. The van der Waals surface area contributed by atoms with Crippen molar-refractivity contribution >= 4 is 0 Å². The number of methoxy groups -OCH3 is 1. The molecule has 1 atom stereocenters. The van der Waals surface area contributed by atoms with Gasteiger partial charge in [0.1, 0.15) is 18.1 Å². The molecular weight excluding hydrogens is 204 g/mol. The van der Waals surface area contributed by atoms with Crippen LogP contribution in [0.2, 0.25) is 0 Å². The van der Waals surface area contributed by atoms with Crippen molar-refractivity contribution < 1.29 is 9.47 Å². The molecule has 0 radical (unpaired) electrons. The highest BCUT2D eigenvalue weighted by Gasteiger charge is 1.98. The van der Waals surface area contributed by atoms with Crippen molar-refractivity contribution in [2.45, 2.75) is 13.0 Å². The summed E-state index contributed by atoms with van der Waals surface area (Å²) in [5.74, 6) is 1.61. The van der Waals surface area contributed by atoms with Crippen molar-refractivity contribution in [1.29, 1.82) is 5.26 Å². The van der Waals surface area contributed by atoms with Gasteiger partial charge in [0.15, 0.2) is 0 Å². The van der Waals surface area contributed by atoms with Crippen molar-refractivity contribution in [3.63, 3.8) is 0 Å². The second-order valence-corrected chi connectivity index (χ2v) is 3.33. The van der Waals surface area contributed by atoms with Crippen molar-refractivity contribution in [3.05, 3.63) is 24.3 Å². The lowest BCUT2D eigenvalue weighted by atomic mass is 10.3. The highest BCUT2D eigenvalue weighted by molar-refractivity contribution is 5.31. The van der Waals surface area contributed by atoms with Crippen molar-refractivity contribution in [2.75, 3.05) is 20.3 Å². The van der Waals surface area contributed by atoms with Gasteiger partial charge in [-0.3, -0.25) is 5.32 Å². The van der Waals surface area contributed by atoms with Gasteiger partial charge in [0, 0.05) is 6.54 Å². The SMILES string of the molecule is COc1ccc(OCCNC(C)C#N)cc1. The summed E-state index contributed by atoms with van der Waals surface area (Å²) in [6.45, 7) is 3.01. The van der Waals surface area contributed by atoms with E-state index in [4.69, 9.17) is 14.7 Å². The number of hydrogen-bond acceptors (Lipinski definition) is 4. The van der Waals surface area contributed by atoms with Crippen molar-refractivity contribution in [3.8, 4) is 17.6 Å². The molecule has 0 saturated carbocycles. The Hall–Kier alpha value is -1.73. The first-order chi connectivity index (χ1) is 7.76. The minimum atomic E-state index is -0.139. The first-order valence-electron chi connectivity index (χ1n) is 5.16. The molecule has 0 fully saturated rings. The molecule has 0 heterocycles. The Morgan fingerprint density at radius 1 is 1.31 bits per heavy atom. The number of benzene rings is 1. The van der Waals surface area contributed by atoms with Gasteiger partial charge >= 0.3 is 0 Å². The minimum absolute atomic E-state index is 0.139. The Balaban J connectivity index is 2.24. The zero-order chi connectivity index (χ0) is 11.8. The molecule has 0 amide bonds. The van der Waals surface area contributed by atoms with Crippen LogP contribution in [0, 0.1) is 11.3 Å². The predicted octanol–water partition coefficient (Wildman–Crippen LogP) is 1.58. The molecule has 0 aliphatic rings. The summed E-state index contributed by atoms with van der Waals surface area (Å²) in [5, 5.41) is 11.6. The maximum absolute atomic E-state index is 8.54. The molecule has 4 heteroatoms. The van der Waals surface area contributed by atoms with Crippen LogP contribution in [0.4, 0.5) is 0 Å². The van der Waals surface area contributed by atoms with Crippen molar-refractivity contribution in [1.82, 2.24) is 5.32 Å². The Bertz CT molecular complexity index is 343. The van der Waals surface area contributed by atoms with E-state index in [1.165, 1.54) is 0 Å². The number of hydrogen-bond donors (Lipinski definition) is 1. The molecule has 1 unspecified atom stereocenters. The zero-order valence-corrected chi connectivity index (χ0v) is 9.56. The van der Waals surface area contributed by atoms with Gasteiger partial charge in [-0.15, -0.1) is 0 Å².